The smallest absolute Gasteiger partial charge is 0.338 e. The summed E-state index contributed by atoms with van der Waals surface area (Å²) in [6, 6.07) is 11.5. The van der Waals surface area contributed by atoms with Gasteiger partial charge in [-0.05, 0) is 55.3 Å². The van der Waals surface area contributed by atoms with E-state index in [9.17, 15) is 27.2 Å². The Labute approximate surface area is 265 Å². The molecule has 0 radical (unpaired) electrons. The summed E-state index contributed by atoms with van der Waals surface area (Å²) >= 11 is 1.12. The second kappa shape index (κ2) is 13.2. The normalized spacial score (nSPS) is 14.5. The lowest BCUT2D eigenvalue weighted by molar-refractivity contribution is -0.139. The average Bonchev–Trinajstić information content (AvgIpc) is 3.33. The van der Waals surface area contributed by atoms with Crippen molar-refractivity contribution in [2.75, 3.05) is 32.7 Å². The molecule has 13 heteroatoms. The highest BCUT2D eigenvalue weighted by atomic mass is 32.1. The van der Waals surface area contributed by atoms with E-state index >= 15 is 0 Å². The lowest BCUT2D eigenvalue weighted by Gasteiger charge is -2.25. The number of fused-ring (bicyclic) bond motifs is 1. The number of halogens is 4. The molecule has 0 unspecified atom stereocenters. The number of allylic oxidation sites excluding steroid dienone is 1. The second-order valence-corrected chi connectivity index (χ2v) is 11.5. The first-order valence-corrected chi connectivity index (χ1v) is 14.9. The molecule has 0 N–H and O–H groups in total. The number of hydrogen-bond acceptors (Lipinski definition) is 8. The molecule has 1 atom stereocenters. The minimum atomic E-state index is -1.67. The van der Waals surface area contributed by atoms with Crippen molar-refractivity contribution < 1.29 is 36.6 Å². The van der Waals surface area contributed by atoms with E-state index in [1.54, 1.807) is 38.1 Å². The number of benzene rings is 3. The molecule has 1 aliphatic rings. The van der Waals surface area contributed by atoms with Crippen molar-refractivity contribution in [3.8, 4) is 11.5 Å². The van der Waals surface area contributed by atoms with Crippen LogP contribution >= 0.6 is 11.3 Å². The van der Waals surface area contributed by atoms with Crippen molar-refractivity contribution in [2.24, 2.45) is 4.99 Å². The first kappa shape index (κ1) is 32.5. The summed E-state index contributed by atoms with van der Waals surface area (Å²) in [6.07, 6.45) is 1.59. The van der Waals surface area contributed by atoms with Gasteiger partial charge in [0.15, 0.2) is 22.2 Å². The van der Waals surface area contributed by atoms with E-state index in [-0.39, 0.29) is 34.1 Å². The molecule has 0 saturated heterocycles. The molecular formula is C33H29F4N3O5S. The van der Waals surface area contributed by atoms with Crippen LogP contribution in [0.4, 0.5) is 23.2 Å². The molecule has 2 heterocycles. The largest absolute Gasteiger partial charge is 0.496 e. The molecule has 0 aliphatic carbocycles. The molecule has 0 saturated carbocycles. The molecule has 1 aromatic heterocycles. The molecule has 3 aromatic carbocycles. The minimum Gasteiger partial charge on any atom is -0.496 e. The number of methoxy groups -OCH3 is 1. The van der Waals surface area contributed by atoms with Crippen LogP contribution in [0.25, 0.3) is 6.08 Å². The van der Waals surface area contributed by atoms with Crippen molar-refractivity contribution in [3.63, 3.8) is 0 Å². The SMILES string of the molecule is CCOC(=O)C1=C(C)N=c2s/c(=C/c3ccc(OC)c(COc4c(F)c(F)cc(F)c4F)c3)c(=O)n2[C@H]1c1ccc(N(C)C)cc1. The van der Waals surface area contributed by atoms with Crippen LogP contribution in [0, 0.1) is 23.3 Å². The van der Waals surface area contributed by atoms with E-state index in [0.29, 0.717) is 21.6 Å². The molecular weight excluding hydrogens is 626 g/mol. The van der Waals surface area contributed by atoms with E-state index < -0.39 is 53.2 Å². The summed E-state index contributed by atoms with van der Waals surface area (Å²) in [5, 5.41) is 0. The highest BCUT2D eigenvalue weighted by Gasteiger charge is 2.33. The third kappa shape index (κ3) is 6.14. The second-order valence-electron chi connectivity index (χ2n) is 10.4. The number of carbonyl (C=O) groups is 1. The Kier molecular flexibility index (Phi) is 9.33. The first-order chi connectivity index (χ1) is 21.9. The zero-order chi connectivity index (χ0) is 33.3. The van der Waals surface area contributed by atoms with Gasteiger partial charge in [-0.25, -0.2) is 18.6 Å². The number of thiazole rings is 1. The third-order valence-electron chi connectivity index (χ3n) is 7.29. The predicted molar refractivity (Wildman–Crippen MR) is 165 cm³/mol. The van der Waals surface area contributed by atoms with Crippen LogP contribution in [0.1, 0.15) is 36.6 Å². The van der Waals surface area contributed by atoms with Crippen LogP contribution in [-0.4, -0.2) is 38.3 Å². The number of ether oxygens (including phenoxy) is 3. The maximum Gasteiger partial charge on any atom is 0.338 e. The van der Waals surface area contributed by atoms with Crippen LogP contribution in [0.3, 0.4) is 0 Å². The Morgan fingerprint density at radius 3 is 2.33 bits per heavy atom. The Bertz CT molecular complexity index is 2010. The van der Waals surface area contributed by atoms with E-state index in [0.717, 1.165) is 17.0 Å². The Morgan fingerprint density at radius 1 is 1.04 bits per heavy atom. The molecule has 46 heavy (non-hydrogen) atoms. The van der Waals surface area contributed by atoms with Gasteiger partial charge in [-0.1, -0.05) is 29.5 Å². The highest BCUT2D eigenvalue weighted by Crippen LogP contribution is 2.32. The van der Waals surface area contributed by atoms with Crippen LogP contribution < -0.4 is 29.3 Å². The molecule has 0 spiro atoms. The minimum absolute atomic E-state index is 0.0925. The maximum absolute atomic E-state index is 14.2. The lowest BCUT2D eigenvalue weighted by atomic mass is 9.95. The van der Waals surface area contributed by atoms with Crippen molar-refractivity contribution in [1.29, 1.82) is 0 Å². The van der Waals surface area contributed by atoms with Crippen LogP contribution in [-0.2, 0) is 16.1 Å². The number of nitrogens with zero attached hydrogens (tertiary/aromatic N) is 3. The van der Waals surface area contributed by atoms with Gasteiger partial charge in [-0.15, -0.1) is 0 Å². The average molecular weight is 656 g/mol. The summed E-state index contributed by atoms with van der Waals surface area (Å²) < 4.78 is 73.3. The first-order valence-electron chi connectivity index (χ1n) is 14.0. The number of hydrogen-bond donors (Lipinski definition) is 0. The summed E-state index contributed by atoms with van der Waals surface area (Å²) in [7, 11) is 5.18. The molecule has 4 aromatic rings. The van der Waals surface area contributed by atoms with Gasteiger partial charge in [0.2, 0.25) is 11.6 Å². The van der Waals surface area contributed by atoms with Crippen molar-refractivity contribution in [1.82, 2.24) is 4.57 Å². The molecule has 240 valence electrons. The topological polar surface area (TPSA) is 82.4 Å². The number of anilines is 1. The Balaban J connectivity index is 1.58. The molecule has 8 nitrogen and oxygen atoms in total. The predicted octanol–water partition coefficient (Wildman–Crippen LogP) is 5.01. The Hall–Kier alpha value is -4.91. The molecule has 0 bridgehead atoms. The molecule has 0 amide bonds. The van der Waals surface area contributed by atoms with Crippen LogP contribution in [0.2, 0.25) is 0 Å². The highest BCUT2D eigenvalue weighted by molar-refractivity contribution is 7.07. The fourth-order valence-electron chi connectivity index (χ4n) is 5.04. The van der Waals surface area contributed by atoms with E-state index in [1.807, 2.05) is 43.3 Å². The van der Waals surface area contributed by atoms with Gasteiger partial charge in [0.1, 0.15) is 12.4 Å². The van der Waals surface area contributed by atoms with Crippen molar-refractivity contribution >= 4 is 29.1 Å². The fraction of sp³-hybridized carbons (Fsp3) is 0.242. The summed E-state index contributed by atoms with van der Waals surface area (Å²) in [5.74, 6) is -8.05. The van der Waals surface area contributed by atoms with Crippen molar-refractivity contribution in [2.45, 2.75) is 26.5 Å². The number of carbonyl (C=O) groups excluding carboxylic acids is 1. The van der Waals surface area contributed by atoms with E-state index in [2.05, 4.69) is 4.99 Å². The number of esters is 1. The van der Waals surface area contributed by atoms with Gasteiger partial charge >= 0.3 is 5.97 Å². The monoisotopic (exact) mass is 655 g/mol. The molecule has 5 rings (SSSR count). The summed E-state index contributed by atoms with van der Waals surface area (Å²) in [5.41, 5.74) is 2.65. The van der Waals surface area contributed by atoms with Gasteiger partial charge in [0.05, 0.1) is 35.6 Å². The number of aromatic nitrogens is 1. The van der Waals surface area contributed by atoms with Crippen LogP contribution in [0.15, 0.2) is 69.6 Å². The van der Waals surface area contributed by atoms with Crippen molar-refractivity contribution in [3.05, 3.63) is 119 Å². The van der Waals surface area contributed by atoms with Gasteiger partial charge in [0, 0.05) is 31.4 Å². The summed E-state index contributed by atoms with van der Waals surface area (Å²) in [6.45, 7) is 3.02. The standard InChI is InChI=1S/C33H29F4N3O5S/c1-6-44-32(42)26-17(2)38-33-40(29(26)19-8-10-21(11-9-19)39(3)4)31(41)25(46-33)14-18-7-12-24(43-5)20(13-18)16-45-30-27(36)22(34)15-23(35)28(30)37/h7-15,29H,6,16H2,1-5H3/b25-14+/t29-/m0/s1. The fourth-order valence-corrected chi connectivity index (χ4v) is 6.09. The quantitative estimate of drug-likeness (QED) is 0.143. The van der Waals surface area contributed by atoms with Gasteiger partial charge in [0.25, 0.3) is 5.56 Å². The lowest BCUT2D eigenvalue weighted by Crippen LogP contribution is -2.39. The summed E-state index contributed by atoms with van der Waals surface area (Å²) in [4.78, 5) is 34.0. The third-order valence-corrected chi connectivity index (χ3v) is 8.27. The van der Waals surface area contributed by atoms with Gasteiger partial charge in [-0.2, -0.15) is 8.78 Å². The Morgan fingerprint density at radius 2 is 1.72 bits per heavy atom. The molecule has 0 fully saturated rings. The number of rotatable bonds is 9. The maximum atomic E-state index is 14.2. The van der Waals surface area contributed by atoms with E-state index in [4.69, 9.17) is 14.2 Å². The van der Waals surface area contributed by atoms with Crippen LogP contribution in [0.5, 0.6) is 11.5 Å². The van der Waals surface area contributed by atoms with E-state index in [1.165, 1.54) is 11.7 Å². The van der Waals surface area contributed by atoms with Gasteiger partial charge < -0.3 is 19.1 Å². The molecule has 1 aliphatic heterocycles. The zero-order valence-electron chi connectivity index (χ0n) is 25.5. The zero-order valence-corrected chi connectivity index (χ0v) is 26.3. The van der Waals surface area contributed by atoms with Gasteiger partial charge in [-0.3, -0.25) is 9.36 Å².